The highest BCUT2D eigenvalue weighted by atomic mass is 16.5. The van der Waals surface area contributed by atoms with Crippen LogP contribution in [0.15, 0.2) is 82.8 Å². The van der Waals surface area contributed by atoms with Crippen molar-refractivity contribution in [3.63, 3.8) is 0 Å². The first-order valence-electron chi connectivity index (χ1n) is 11.4. The van der Waals surface area contributed by atoms with Crippen molar-refractivity contribution in [2.24, 2.45) is 23.2 Å². The number of fused-ring (bicyclic) bond motifs is 5. The lowest BCUT2D eigenvalue weighted by Gasteiger charge is -2.32. The number of hydrogen-bond donors (Lipinski definition) is 1. The third-order valence-electron chi connectivity index (χ3n) is 8.05. The van der Waals surface area contributed by atoms with Crippen molar-refractivity contribution in [3.8, 4) is 0 Å². The third kappa shape index (κ3) is 2.65. The van der Waals surface area contributed by atoms with E-state index in [0.717, 1.165) is 19.3 Å². The number of allylic oxidation sites excluding steroid dienone is 10. The fourth-order valence-electron chi connectivity index (χ4n) is 6.62. The lowest BCUT2D eigenvalue weighted by molar-refractivity contribution is 0.0522. The van der Waals surface area contributed by atoms with Gasteiger partial charge in [-0.05, 0) is 49.8 Å². The molecule has 2 heteroatoms. The van der Waals surface area contributed by atoms with E-state index in [1.165, 1.54) is 24.2 Å². The van der Waals surface area contributed by atoms with Crippen LogP contribution >= 0.6 is 0 Å². The highest BCUT2D eigenvalue weighted by Crippen LogP contribution is 2.56. The summed E-state index contributed by atoms with van der Waals surface area (Å²) < 4.78 is 6.39. The molecule has 29 heavy (non-hydrogen) atoms. The molecule has 1 saturated heterocycles. The van der Waals surface area contributed by atoms with Crippen LogP contribution in [0.5, 0.6) is 0 Å². The maximum Gasteiger partial charge on any atom is 0.0852 e. The molecular weight excluding hydrogens is 354 g/mol. The zero-order valence-electron chi connectivity index (χ0n) is 17.5. The van der Waals surface area contributed by atoms with E-state index >= 15 is 0 Å². The summed E-state index contributed by atoms with van der Waals surface area (Å²) in [7, 11) is 0. The fourth-order valence-corrected chi connectivity index (χ4v) is 6.62. The molecule has 0 saturated carbocycles. The van der Waals surface area contributed by atoms with Crippen LogP contribution in [0, 0.1) is 23.2 Å². The molecule has 2 nitrogen and oxygen atoms in total. The normalized spacial score (nSPS) is 38.6. The first-order valence-corrected chi connectivity index (χ1v) is 11.4. The van der Waals surface area contributed by atoms with Crippen molar-refractivity contribution < 1.29 is 4.74 Å². The average molecular weight is 386 g/mol. The molecule has 0 bridgehead atoms. The Kier molecular flexibility index (Phi) is 3.96. The van der Waals surface area contributed by atoms with Crippen LogP contribution in [0.1, 0.15) is 46.0 Å². The maximum atomic E-state index is 6.39. The Balaban J connectivity index is 1.28. The minimum Gasteiger partial charge on any atom is -0.370 e. The quantitative estimate of drug-likeness (QED) is 0.598. The summed E-state index contributed by atoms with van der Waals surface area (Å²) in [6, 6.07) is 0. The van der Waals surface area contributed by atoms with Crippen LogP contribution in [0.3, 0.4) is 0 Å². The van der Waals surface area contributed by atoms with Crippen LogP contribution in [0.25, 0.3) is 0 Å². The van der Waals surface area contributed by atoms with Crippen LogP contribution in [0.2, 0.25) is 0 Å². The van der Waals surface area contributed by atoms with Gasteiger partial charge in [0, 0.05) is 34.6 Å². The largest absolute Gasteiger partial charge is 0.370 e. The van der Waals surface area contributed by atoms with Crippen LogP contribution in [0.4, 0.5) is 0 Å². The molecule has 1 heterocycles. The molecule has 0 radical (unpaired) electrons. The van der Waals surface area contributed by atoms with E-state index in [1.54, 1.807) is 16.7 Å². The van der Waals surface area contributed by atoms with E-state index in [2.05, 4.69) is 73.8 Å². The van der Waals surface area contributed by atoms with Gasteiger partial charge in [-0.25, -0.2) is 0 Å². The molecular formula is C27H31NO. The topological polar surface area (TPSA) is 21.3 Å². The lowest BCUT2D eigenvalue weighted by Crippen LogP contribution is -2.32. The standard InChI is InChI=1S/C27H31NO/c1-27(2)21-10-5-3-8-18(21)19-15-14-17(16-22(19)27)28-23-11-7-13-25-26(23)20-9-4-6-12-24(20)29-25/h3-4,7-9,11,13-14,16,19-20,24-26,28H,5-6,10,12,15H2,1-2H3. The summed E-state index contributed by atoms with van der Waals surface area (Å²) in [4.78, 5) is 0. The van der Waals surface area contributed by atoms with Crippen LogP contribution < -0.4 is 5.32 Å². The van der Waals surface area contributed by atoms with Gasteiger partial charge in [0.1, 0.15) is 0 Å². The van der Waals surface area contributed by atoms with Gasteiger partial charge in [-0.2, -0.15) is 0 Å². The molecule has 1 N–H and O–H groups in total. The molecule has 0 aromatic carbocycles. The Hall–Kier alpha value is -2.06. The third-order valence-corrected chi connectivity index (χ3v) is 8.05. The van der Waals surface area contributed by atoms with Gasteiger partial charge in [0.15, 0.2) is 0 Å². The van der Waals surface area contributed by atoms with Gasteiger partial charge in [0.2, 0.25) is 0 Å². The van der Waals surface area contributed by atoms with Crippen molar-refractivity contribution in [2.75, 3.05) is 0 Å². The highest BCUT2D eigenvalue weighted by Gasteiger charge is 2.46. The predicted molar refractivity (Wildman–Crippen MR) is 118 cm³/mol. The van der Waals surface area contributed by atoms with E-state index in [9.17, 15) is 0 Å². The number of nitrogens with one attached hydrogen (secondary N) is 1. The van der Waals surface area contributed by atoms with Gasteiger partial charge in [0.25, 0.3) is 0 Å². The molecule has 0 amide bonds. The monoisotopic (exact) mass is 385 g/mol. The summed E-state index contributed by atoms with van der Waals surface area (Å²) >= 11 is 0. The second-order valence-electron chi connectivity index (χ2n) is 9.93. The molecule has 5 atom stereocenters. The van der Waals surface area contributed by atoms with Crippen LogP contribution in [-0.2, 0) is 4.74 Å². The number of rotatable bonds is 2. The van der Waals surface area contributed by atoms with Crippen molar-refractivity contribution in [2.45, 2.75) is 58.2 Å². The zero-order valence-corrected chi connectivity index (χ0v) is 17.5. The predicted octanol–water partition coefficient (Wildman–Crippen LogP) is 5.90. The average Bonchev–Trinajstić information content (AvgIpc) is 3.23. The van der Waals surface area contributed by atoms with Crippen molar-refractivity contribution in [1.82, 2.24) is 5.32 Å². The lowest BCUT2D eigenvalue weighted by atomic mass is 9.75. The Morgan fingerprint density at radius 3 is 3.00 bits per heavy atom. The molecule has 6 rings (SSSR count). The summed E-state index contributed by atoms with van der Waals surface area (Å²) in [6.45, 7) is 4.86. The van der Waals surface area contributed by atoms with Crippen molar-refractivity contribution in [1.29, 1.82) is 0 Å². The Morgan fingerprint density at radius 2 is 2.07 bits per heavy atom. The molecule has 0 aromatic rings. The van der Waals surface area contributed by atoms with Gasteiger partial charge >= 0.3 is 0 Å². The molecule has 0 aromatic heterocycles. The highest BCUT2D eigenvalue weighted by molar-refractivity contribution is 5.55. The summed E-state index contributed by atoms with van der Waals surface area (Å²) in [5.41, 5.74) is 7.65. The summed E-state index contributed by atoms with van der Waals surface area (Å²) in [5.74, 6) is 1.50. The fraction of sp³-hybridized carbons (Fsp3) is 0.481. The van der Waals surface area contributed by atoms with E-state index in [1.807, 2.05) is 0 Å². The summed E-state index contributed by atoms with van der Waals surface area (Å²) in [5, 5.41) is 3.84. The Labute approximate surface area is 174 Å². The van der Waals surface area contributed by atoms with Crippen molar-refractivity contribution >= 4 is 0 Å². The Morgan fingerprint density at radius 1 is 1.14 bits per heavy atom. The van der Waals surface area contributed by atoms with Crippen LogP contribution in [-0.4, -0.2) is 12.2 Å². The van der Waals surface area contributed by atoms with Gasteiger partial charge in [-0.3, -0.25) is 0 Å². The summed E-state index contributed by atoms with van der Waals surface area (Å²) in [6.07, 6.45) is 27.5. The number of ether oxygens (including phenoxy) is 1. The molecule has 1 aliphatic heterocycles. The zero-order chi connectivity index (χ0) is 19.6. The minimum atomic E-state index is 0.184. The number of hydrogen-bond acceptors (Lipinski definition) is 2. The maximum absolute atomic E-state index is 6.39. The second kappa shape index (κ2) is 6.47. The van der Waals surface area contributed by atoms with E-state index < -0.39 is 0 Å². The van der Waals surface area contributed by atoms with E-state index in [0.29, 0.717) is 23.9 Å². The molecule has 0 spiro atoms. The molecule has 5 aliphatic carbocycles. The molecule has 5 unspecified atom stereocenters. The Bertz CT molecular complexity index is 951. The molecule has 150 valence electrons. The molecule has 1 fully saturated rings. The van der Waals surface area contributed by atoms with Gasteiger partial charge in [-0.15, -0.1) is 0 Å². The van der Waals surface area contributed by atoms with Gasteiger partial charge in [-0.1, -0.05) is 67.5 Å². The van der Waals surface area contributed by atoms with Gasteiger partial charge < -0.3 is 10.1 Å². The SMILES string of the molecule is CC1(C)C2=CC(NC3=CC=CC4OC5CCC=CC5C34)=CCC2C2=C1CCC=C2. The molecule has 6 aliphatic rings. The van der Waals surface area contributed by atoms with E-state index in [-0.39, 0.29) is 11.5 Å². The smallest absolute Gasteiger partial charge is 0.0852 e. The minimum absolute atomic E-state index is 0.184. The van der Waals surface area contributed by atoms with Gasteiger partial charge in [0.05, 0.1) is 12.2 Å². The second-order valence-corrected chi connectivity index (χ2v) is 9.93. The van der Waals surface area contributed by atoms with Crippen molar-refractivity contribution in [3.05, 3.63) is 82.8 Å². The first-order chi connectivity index (χ1) is 14.1. The van der Waals surface area contributed by atoms with E-state index in [4.69, 9.17) is 4.74 Å². The first kappa shape index (κ1) is 17.8.